The van der Waals surface area contributed by atoms with Crippen LogP contribution in [0.3, 0.4) is 0 Å². The summed E-state index contributed by atoms with van der Waals surface area (Å²) >= 11 is 0. The molecule has 2 heteroatoms. The first kappa shape index (κ1) is 9.16. The lowest BCUT2D eigenvalue weighted by Crippen LogP contribution is -2.17. The van der Waals surface area contributed by atoms with Gasteiger partial charge >= 0.3 is 0 Å². The van der Waals surface area contributed by atoms with Gasteiger partial charge in [0, 0.05) is 7.05 Å². The lowest BCUT2D eigenvalue weighted by molar-refractivity contribution is 1.05. The van der Waals surface area contributed by atoms with E-state index in [0.717, 1.165) is 5.69 Å². The molecule has 0 saturated heterocycles. The third-order valence-corrected chi connectivity index (χ3v) is 1.76. The van der Waals surface area contributed by atoms with E-state index in [0.29, 0.717) is 12.1 Å². The molecular formula is C11H10N2. The highest BCUT2D eigenvalue weighted by Gasteiger charge is 2.03. The molecule has 0 heterocycles. The zero-order chi connectivity index (χ0) is 9.68. The Kier molecular flexibility index (Phi) is 2.95. The molecule has 0 fully saturated rings. The minimum Gasteiger partial charge on any atom is -0.362 e. The van der Waals surface area contributed by atoms with E-state index in [4.69, 9.17) is 11.7 Å². The first-order valence-electron chi connectivity index (χ1n) is 3.93. The molecule has 0 aromatic heterocycles. The molecule has 0 spiro atoms. The molecule has 0 aliphatic heterocycles. The second-order valence-electron chi connectivity index (χ2n) is 2.69. The Labute approximate surface area is 78.4 Å². The Hall–Kier alpha value is -1.93. The lowest BCUT2D eigenvalue weighted by atomic mass is 10.2. The van der Waals surface area contributed by atoms with Gasteiger partial charge < -0.3 is 4.90 Å². The van der Waals surface area contributed by atoms with Gasteiger partial charge in [-0.25, -0.2) is 0 Å². The van der Waals surface area contributed by atoms with Crippen LogP contribution in [-0.2, 0) is 0 Å². The van der Waals surface area contributed by atoms with E-state index < -0.39 is 0 Å². The smallest absolute Gasteiger partial charge is 0.101 e. The molecular weight excluding hydrogens is 160 g/mol. The highest BCUT2D eigenvalue weighted by molar-refractivity contribution is 5.59. The van der Waals surface area contributed by atoms with Crippen LogP contribution in [-0.4, -0.2) is 13.6 Å². The van der Waals surface area contributed by atoms with Crippen molar-refractivity contribution in [3.05, 3.63) is 29.8 Å². The van der Waals surface area contributed by atoms with E-state index >= 15 is 0 Å². The van der Waals surface area contributed by atoms with Crippen LogP contribution in [0.15, 0.2) is 24.3 Å². The molecule has 0 N–H and O–H groups in total. The monoisotopic (exact) mass is 170 g/mol. The summed E-state index contributed by atoms with van der Waals surface area (Å²) in [7, 11) is 1.87. The number of rotatable bonds is 2. The van der Waals surface area contributed by atoms with Gasteiger partial charge in [0.2, 0.25) is 0 Å². The van der Waals surface area contributed by atoms with Gasteiger partial charge in [-0.05, 0) is 12.1 Å². The minimum atomic E-state index is 0.513. The molecule has 0 unspecified atom stereocenters. The van der Waals surface area contributed by atoms with Crippen molar-refractivity contribution in [2.45, 2.75) is 0 Å². The maximum atomic E-state index is 8.81. The Morgan fingerprint density at radius 3 is 2.77 bits per heavy atom. The summed E-state index contributed by atoms with van der Waals surface area (Å²) in [5, 5.41) is 8.81. The Morgan fingerprint density at radius 1 is 1.46 bits per heavy atom. The van der Waals surface area contributed by atoms with Crippen LogP contribution in [0.25, 0.3) is 0 Å². The third kappa shape index (κ3) is 2.01. The highest BCUT2D eigenvalue weighted by Crippen LogP contribution is 2.17. The molecule has 0 atom stereocenters. The molecule has 0 aliphatic carbocycles. The van der Waals surface area contributed by atoms with Crippen molar-refractivity contribution < 1.29 is 0 Å². The number of nitrogens with zero attached hydrogens (tertiary/aromatic N) is 2. The zero-order valence-corrected chi connectivity index (χ0v) is 7.49. The van der Waals surface area contributed by atoms with Crippen LogP contribution < -0.4 is 4.90 Å². The maximum Gasteiger partial charge on any atom is 0.101 e. The lowest BCUT2D eigenvalue weighted by Gasteiger charge is -2.16. The summed E-state index contributed by atoms with van der Waals surface area (Å²) in [6, 6.07) is 9.52. The van der Waals surface area contributed by atoms with Gasteiger partial charge in [-0.1, -0.05) is 18.1 Å². The van der Waals surface area contributed by atoms with E-state index in [1.807, 2.05) is 30.1 Å². The number of anilines is 1. The fourth-order valence-electron chi connectivity index (χ4n) is 1.12. The molecule has 64 valence electrons. The molecule has 1 aromatic rings. The molecule has 1 rings (SSSR count). The van der Waals surface area contributed by atoms with Crippen molar-refractivity contribution in [3.8, 4) is 18.4 Å². The molecule has 13 heavy (non-hydrogen) atoms. The fraction of sp³-hybridized carbons (Fsp3) is 0.182. The molecule has 0 amide bonds. The largest absolute Gasteiger partial charge is 0.362 e. The zero-order valence-electron chi connectivity index (χ0n) is 7.49. The number of terminal acetylenes is 1. The van der Waals surface area contributed by atoms with Crippen LogP contribution in [0.2, 0.25) is 0 Å². The topological polar surface area (TPSA) is 27.0 Å². The quantitative estimate of drug-likeness (QED) is 0.631. The first-order valence-corrected chi connectivity index (χ1v) is 3.93. The summed E-state index contributed by atoms with van der Waals surface area (Å²) in [4.78, 5) is 1.87. The number of nitriles is 1. The second-order valence-corrected chi connectivity index (χ2v) is 2.69. The Morgan fingerprint density at radius 2 is 2.15 bits per heavy atom. The van der Waals surface area contributed by atoms with Crippen molar-refractivity contribution in [2.24, 2.45) is 0 Å². The second kappa shape index (κ2) is 4.18. The predicted molar refractivity (Wildman–Crippen MR) is 53.3 cm³/mol. The molecule has 0 bridgehead atoms. The van der Waals surface area contributed by atoms with E-state index in [1.54, 1.807) is 6.07 Å². The molecule has 1 aromatic carbocycles. The molecule has 2 nitrogen and oxygen atoms in total. The van der Waals surface area contributed by atoms with E-state index in [9.17, 15) is 0 Å². The van der Waals surface area contributed by atoms with Gasteiger partial charge in [0.25, 0.3) is 0 Å². The van der Waals surface area contributed by atoms with Gasteiger partial charge in [-0.15, -0.1) is 6.42 Å². The number of hydrogen-bond donors (Lipinski definition) is 0. The third-order valence-electron chi connectivity index (χ3n) is 1.76. The SMILES string of the molecule is C#CCN(C)c1ccccc1C#N. The molecule has 0 aliphatic rings. The molecule has 0 radical (unpaired) electrons. The van der Waals surface area contributed by atoms with Crippen molar-refractivity contribution in [1.29, 1.82) is 5.26 Å². The van der Waals surface area contributed by atoms with Crippen LogP contribution in [0, 0.1) is 23.7 Å². The maximum absolute atomic E-state index is 8.81. The Balaban J connectivity index is 3.02. The van der Waals surface area contributed by atoms with Gasteiger partial charge in [-0.2, -0.15) is 5.26 Å². The standard InChI is InChI=1S/C11H10N2/c1-3-8-13(2)11-7-5-4-6-10(11)9-12/h1,4-7H,8H2,2H3. The number of benzene rings is 1. The van der Waals surface area contributed by atoms with Crippen LogP contribution >= 0.6 is 0 Å². The van der Waals surface area contributed by atoms with E-state index in [2.05, 4.69) is 12.0 Å². The minimum absolute atomic E-state index is 0.513. The predicted octanol–water partition coefficient (Wildman–Crippen LogP) is 1.63. The van der Waals surface area contributed by atoms with Crippen LogP contribution in [0.4, 0.5) is 5.69 Å². The van der Waals surface area contributed by atoms with Crippen LogP contribution in [0.1, 0.15) is 5.56 Å². The summed E-state index contributed by atoms with van der Waals surface area (Å²) in [6.07, 6.45) is 5.18. The summed E-state index contributed by atoms with van der Waals surface area (Å²) in [5.74, 6) is 2.53. The molecule has 0 saturated carbocycles. The van der Waals surface area contributed by atoms with E-state index in [1.165, 1.54) is 0 Å². The van der Waals surface area contributed by atoms with Gasteiger partial charge in [-0.3, -0.25) is 0 Å². The first-order chi connectivity index (χ1) is 6.29. The Bertz CT molecular complexity index is 368. The van der Waals surface area contributed by atoms with E-state index in [-0.39, 0.29) is 0 Å². The summed E-state index contributed by atoms with van der Waals surface area (Å²) in [5.41, 5.74) is 1.53. The van der Waals surface area contributed by atoms with Gasteiger partial charge in [0.1, 0.15) is 6.07 Å². The number of para-hydroxylation sites is 1. The van der Waals surface area contributed by atoms with Crippen molar-refractivity contribution in [1.82, 2.24) is 0 Å². The number of hydrogen-bond acceptors (Lipinski definition) is 2. The summed E-state index contributed by atoms with van der Waals surface area (Å²) in [6.45, 7) is 0.513. The average molecular weight is 170 g/mol. The van der Waals surface area contributed by atoms with Gasteiger partial charge in [0.15, 0.2) is 0 Å². The average Bonchev–Trinajstić information content (AvgIpc) is 2.18. The normalized spacial score (nSPS) is 8.54. The summed E-state index contributed by atoms with van der Waals surface area (Å²) < 4.78 is 0. The van der Waals surface area contributed by atoms with Gasteiger partial charge in [0.05, 0.1) is 17.8 Å². The highest BCUT2D eigenvalue weighted by atomic mass is 15.1. The van der Waals surface area contributed by atoms with Crippen molar-refractivity contribution >= 4 is 5.69 Å². The van der Waals surface area contributed by atoms with Crippen molar-refractivity contribution in [2.75, 3.05) is 18.5 Å². The fourth-order valence-corrected chi connectivity index (χ4v) is 1.12. The van der Waals surface area contributed by atoms with Crippen molar-refractivity contribution in [3.63, 3.8) is 0 Å². The van der Waals surface area contributed by atoms with Crippen LogP contribution in [0.5, 0.6) is 0 Å².